The number of esters is 1. The van der Waals surface area contributed by atoms with E-state index in [-0.39, 0.29) is 32.0 Å². The maximum atomic E-state index is 13.7. The van der Waals surface area contributed by atoms with E-state index in [1.165, 1.54) is 29.9 Å². The summed E-state index contributed by atoms with van der Waals surface area (Å²) in [5.74, 6) is -0.489. The highest BCUT2D eigenvalue weighted by Gasteiger charge is 2.30. The maximum absolute atomic E-state index is 13.7. The maximum Gasteiger partial charge on any atom is 0.345 e. The molecule has 0 fully saturated rings. The van der Waals surface area contributed by atoms with Gasteiger partial charge in [0, 0.05) is 14.1 Å². The monoisotopic (exact) mass is 623 g/mol. The Morgan fingerprint density at radius 3 is 2.14 bits per heavy atom. The van der Waals surface area contributed by atoms with Crippen molar-refractivity contribution in [1.82, 2.24) is 9.36 Å². The second-order valence-electron chi connectivity index (χ2n) is 12.6. The van der Waals surface area contributed by atoms with Crippen LogP contribution in [0.5, 0.6) is 5.75 Å². The largest absolute Gasteiger partial charge is 0.423 e. The van der Waals surface area contributed by atoms with Crippen LogP contribution in [0.25, 0.3) is 5.69 Å². The lowest BCUT2D eigenvalue weighted by Crippen LogP contribution is -2.32. The van der Waals surface area contributed by atoms with Crippen LogP contribution in [0.4, 0.5) is 5.69 Å². The number of ether oxygens (including phenoxy) is 1. The normalized spacial score (nSPS) is 12.3. The van der Waals surface area contributed by atoms with Crippen LogP contribution in [0.3, 0.4) is 0 Å². The van der Waals surface area contributed by atoms with E-state index >= 15 is 0 Å². The van der Waals surface area contributed by atoms with Crippen LogP contribution >= 0.6 is 11.6 Å². The molecule has 1 aromatic heterocycles. The molecular weight excluding hydrogens is 586 g/mol. The summed E-state index contributed by atoms with van der Waals surface area (Å²) in [6, 6.07) is 20.0. The standard InChI is InChI=1S/C33H38ClN3O5S/c1-22-29(30(38)37(35(22)7)24-12-10-9-11-13-24)36(8)43(40,41)26-18-19-28(34)27(20-26)31(39)42-25-16-14-23(15-17-25)33(5,6)21-32(2,3)4/h9-20H,21H2,1-8H3. The van der Waals surface area contributed by atoms with Gasteiger partial charge in [0.1, 0.15) is 11.4 Å². The van der Waals surface area contributed by atoms with Gasteiger partial charge in [-0.1, -0.05) is 76.6 Å². The first-order chi connectivity index (χ1) is 19.9. The summed E-state index contributed by atoms with van der Waals surface area (Å²) in [4.78, 5) is 26.4. The molecule has 0 atom stereocenters. The summed E-state index contributed by atoms with van der Waals surface area (Å²) < 4.78 is 37.0. The molecule has 4 aromatic rings. The molecule has 0 saturated carbocycles. The van der Waals surface area contributed by atoms with Gasteiger partial charge in [-0.05, 0) is 72.2 Å². The zero-order valence-corrected chi connectivity index (χ0v) is 27.4. The lowest BCUT2D eigenvalue weighted by atomic mass is 9.72. The van der Waals surface area contributed by atoms with Crippen LogP contribution in [0, 0.1) is 12.3 Å². The number of nitrogens with zero attached hydrogens (tertiary/aromatic N) is 3. The first kappa shape index (κ1) is 32.1. The summed E-state index contributed by atoms with van der Waals surface area (Å²) >= 11 is 6.33. The van der Waals surface area contributed by atoms with Crippen molar-refractivity contribution < 1.29 is 17.9 Å². The number of carbonyl (C=O) groups excluding carboxylic acids is 1. The fourth-order valence-corrected chi connectivity index (χ4v) is 7.05. The fraction of sp³-hybridized carbons (Fsp3) is 0.333. The Morgan fingerprint density at radius 1 is 0.953 bits per heavy atom. The third kappa shape index (κ3) is 6.58. The Balaban J connectivity index is 1.62. The Hall–Kier alpha value is -3.82. The molecule has 3 aromatic carbocycles. The highest BCUT2D eigenvalue weighted by atomic mass is 35.5. The van der Waals surface area contributed by atoms with Gasteiger partial charge in [0.25, 0.3) is 15.6 Å². The van der Waals surface area contributed by atoms with Gasteiger partial charge in [-0.25, -0.2) is 17.9 Å². The minimum atomic E-state index is -4.27. The second-order valence-corrected chi connectivity index (χ2v) is 14.9. The van der Waals surface area contributed by atoms with Crippen LogP contribution < -0.4 is 14.6 Å². The molecule has 1 heterocycles. The van der Waals surface area contributed by atoms with Gasteiger partial charge >= 0.3 is 5.97 Å². The Labute approximate surface area is 258 Å². The number of anilines is 1. The van der Waals surface area contributed by atoms with Gasteiger partial charge < -0.3 is 4.74 Å². The Bertz CT molecular complexity index is 1820. The highest BCUT2D eigenvalue weighted by molar-refractivity contribution is 7.92. The van der Waals surface area contributed by atoms with E-state index in [0.717, 1.165) is 16.3 Å². The van der Waals surface area contributed by atoms with E-state index in [2.05, 4.69) is 34.6 Å². The average molecular weight is 624 g/mol. The number of halogens is 1. The summed E-state index contributed by atoms with van der Waals surface area (Å²) in [7, 11) is -1.27. The SMILES string of the molecule is Cc1c(N(C)S(=O)(=O)c2ccc(Cl)c(C(=O)Oc3ccc(C(C)(C)CC(C)(C)C)cc3)c2)c(=O)n(-c2ccccc2)n1C. The third-order valence-corrected chi connectivity index (χ3v) is 9.56. The summed E-state index contributed by atoms with van der Waals surface area (Å²) in [5, 5.41) is 0.0388. The number of carbonyl (C=O) groups is 1. The van der Waals surface area contributed by atoms with Crippen LogP contribution in [-0.2, 0) is 22.5 Å². The van der Waals surface area contributed by atoms with Crippen LogP contribution in [-0.4, -0.2) is 30.8 Å². The van der Waals surface area contributed by atoms with Crippen LogP contribution in [0.1, 0.15) is 62.7 Å². The van der Waals surface area contributed by atoms with Crippen molar-refractivity contribution in [2.24, 2.45) is 12.5 Å². The van der Waals surface area contributed by atoms with Crippen molar-refractivity contribution in [3.05, 3.63) is 105 Å². The zero-order chi connectivity index (χ0) is 31.9. The molecule has 0 aliphatic heterocycles. The quantitative estimate of drug-likeness (QED) is 0.157. The Kier molecular flexibility index (Phi) is 8.73. The van der Waals surface area contributed by atoms with Crippen molar-refractivity contribution in [2.45, 2.75) is 58.3 Å². The summed E-state index contributed by atoms with van der Waals surface area (Å²) in [6.07, 6.45) is 0.965. The Morgan fingerprint density at radius 2 is 1.56 bits per heavy atom. The van der Waals surface area contributed by atoms with Crippen molar-refractivity contribution in [3.8, 4) is 11.4 Å². The van der Waals surface area contributed by atoms with E-state index in [4.69, 9.17) is 16.3 Å². The smallest absolute Gasteiger partial charge is 0.345 e. The number of hydrogen-bond donors (Lipinski definition) is 0. The minimum Gasteiger partial charge on any atom is -0.423 e. The highest BCUT2D eigenvalue weighted by Crippen LogP contribution is 2.37. The summed E-state index contributed by atoms with van der Waals surface area (Å²) in [5.41, 5.74) is 1.58. The predicted octanol–water partition coefficient (Wildman–Crippen LogP) is 6.90. The van der Waals surface area contributed by atoms with E-state index in [0.29, 0.717) is 17.1 Å². The topological polar surface area (TPSA) is 90.6 Å². The fourth-order valence-electron chi connectivity index (χ4n) is 5.58. The van der Waals surface area contributed by atoms with E-state index in [1.54, 1.807) is 55.1 Å². The molecule has 0 aliphatic rings. The molecule has 0 radical (unpaired) electrons. The number of para-hydroxylation sites is 1. The molecule has 0 spiro atoms. The molecule has 10 heteroatoms. The van der Waals surface area contributed by atoms with Gasteiger partial charge in [0.15, 0.2) is 0 Å². The predicted molar refractivity (Wildman–Crippen MR) is 171 cm³/mol. The van der Waals surface area contributed by atoms with Crippen molar-refractivity contribution >= 4 is 33.3 Å². The van der Waals surface area contributed by atoms with Gasteiger partial charge in [-0.15, -0.1) is 0 Å². The molecule has 0 saturated heterocycles. The first-order valence-corrected chi connectivity index (χ1v) is 15.7. The lowest BCUT2D eigenvalue weighted by molar-refractivity contribution is 0.0734. The number of aromatic nitrogens is 2. The minimum absolute atomic E-state index is 0.0140. The van der Waals surface area contributed by atoms with Crippen molar-refractivity contribution in [2.75, 3.05) is 11.4 Å². The van der Waals surface area contributed by atoms with Crippen LogP contribution in [0.2, 0.25) is 5.02 Å². The third-order valence-electron chi connectivity index (χ3n) is 7.47. The van der Waals surface area contributed by atoms with Crippen molar-refractivity contribution in [3.63, 3.8) is 0 Å². The number of hydrogen-bond acceptors (Lipinski definition) is 5. The molecule has 0 amide bonds. The number of sulfonamides is 1. The number of benzene rings is 3. The number of rotatable bonds is 8. The van der Waals surface area contributed by atoms with E-state index in [1.807, 2.05) is 18.2 Å². The molecule has 0 aliphatic carbocycles. The molecule has 8 nitrogen and oxygen atoms in total. The average Bonchev–Trinajstić information content (AvgIpc) is 3.14. The molecule has 0 bridgehead atoms. The molecule has 0 N–H and O–H groups in total. The van der Waals surface area contributed by atoms with E-state index in [9.17, 15) is 18.0 Å². The van der Waals surface area contributed by atoms with Gasteiger partial charge in [-0.2, -0.15) is 0 Å². The molecule has 43 heavy (non-hydrogen) atoms. The summed E-state index contributed by atoms with van der Waals surface area (Å²) in [6.45, 7) is 12.6. The molecule has 0 unspecified atom stereocenters. The van der Waals surface area contributed by atoms with E-state index < -0.39 is 21.6 Å². The molecule has 4 rings (SSSR count). The lowest BCUT2D eigenvalue weighted by Gasteiger charge is -2.33. The van der Waals surface area contributed by atoms with Crippen LogP contribution in [0.15, 0.2) is 82.5 Å². The second kappa shape index (κ2) is 11.7. The van der Waals surface area contributed by atoms with Gasteiger partial charge in [-0.3, -0.25) is 13.8 Å². The van der Waals surface area contributed by atoms with Crippen molar-refractivity contribution in [1.29, 1.82) is 0 Å². The molecule has 228 valence electrons. The van der Waals surface area contributed by atoms with Gasteiger partial charge in [0.2, 0.25) is 0 Å². The molecular formula is C33H38ClN3O5S. The zero-order valence-electron chi connectivity index (χ0n) is 25.8. The first-order valence-electron chi connectivity index (χ1n) is 13.9. The van der Waals surface area contributed by atoms with Gasteiger partial charge in [0.05, 0.1) is 26.9 Å².